The zero-order valence-electron chi connectivity index (χ0n) is 10.8. The van der Waals surface area contributed by atoms with Crippen LogP contribution in [0.1, 0.15) is 41.5 Å². The van der Waals surface area contributed by atoms with E-state index in [0.717, 1.165) is 18.0 Å². The van der Waals surface area contributed by atoms with Gasteiger partial charge in [0.05, 0.1) is 5.69 Å². The molecule has 0 aliphatic carbocycles. The Balaban J connectivity index is 1.83. The van der Waals surface area contributed by atoms with Crippen molar-refractivity contribution >= 4 is 11.3 Å². The minimum Gasteiger partial charge on any atom is -0.361 e. The van der Waals surface area contributed by atoms with Crippen LogP contribution in [0.5, 0.6) is 0 Å². The average molecular weight is 262 g/mol. The van der Waals surface area contributed by atoms with Crippen molar-refractivity contribution < 1.29 is 4.52 Å². The molecule has 3 heterocycles. The molecule has 1 aliphatic rings. The second-order valence-electron chi connectivity index (χ2n) is 5.00. The molecule has 3 rings (SSSR count). The van der Waals surface area contributed by atoms with Crippen molar-refractivity contribution in [2.24, 2.45) is 0 Å². The molecule has 96 valence electrons. The number of thiophene rings is 1. The van der Waals surface area contributed by atoms with Crippen molar-refractivity contribution in [3.63, 3.8) is 0 Å². The monoisotopic (exact) mass is 262 g/mol. The predicted molar refractivity (Wildman–Crippen MR) is 72.7 cm³/mol. The summed E-state index contributed by atoms with van der Waals surface area (Å²) in [5.74, 6) is 0.981. The van der Waals surface area contributed by atoms with Crippen molar-refractivity contribution in [3.05, 3.63) is 39.4 Å². The van der Waals surface area contributed by atoms with E-state index in [0.29, 0.717) is 6.04 Å². The third-order valence-electron chi connectivity index (χ3n) is 3.75. The molecular formula is C14H18N2OS. The molecule has 2 aromatic rings. The van der Waals surface area contributed by atoms with E-state index in [-0.39, 0.29) is 0 Å². The van der Waals surface area contributed by atoms with E-state index < -0.39 is 0 Å². The van der Waals surface area contributed by atoms with E-state index in [1.165, 1.54) is 30.5 Å². The molecule has 1 aliphatic heterocycles. The predicted octanol–water partition coefficient (Wildman–Crippen LogP) is 3.69. The number of aryl methyl sites for hydroxylation is 2. The second-order valence-corrected chi connectivity index (χ2v) is 5.78. The summed E-state index contributed by atoms with van der Waals surface area (Å²) in [6.07, 6.45) is 2.48. The summed E-state index contributed by atoms with van der Waals surface area (Å²) in [6.45, 7) is 6.28. The number of hydrogen-bond donors (Lipinski definition) is 0. The number of aromatic nitrogens is 1. The lowest BCUT2D eigenvalue weighted by atomic mass is 10.0. The molecule has 1 atom stereocenters. The summed E-state index contributed by atoms with van der Waals surface area (Å²) in [6, 6.07) is 2.70. The Morgan fingerprint density at radius 2 is 2.39 bits per heavy atom. The molecule has 2 aromatic heterocycles. The third kappa shape index (κ3) is 2.10. The van der Waals surface area contributed by atoms with Crippen LogP contribution in [0.15, 0.2) is 21.3 Å². The molecule has 1 fully saturated rings. The van der Waals surface area contributed by atoms with Crippen LogP contribution in [-0.2, 0) is 6.54 Å². The van der Waals surface area contributed by atoms with Gasteiger partial charge in [-0.05, 0) is 55.6 Å². The van der Waals surface area contributed by atoms with Gasteiger partial charge in [-0.25, -0.2) is 0 Å². The molecular weight excluding hydrogens is 244 g/mol. The lowest BCUT2D eigenvalue weighted by Gasteiger charge is -2.24. The van der Waals surface area contributed by atoms with Crippen molar-refractivity contribution in [1.82, 2.24) is 10.1 Å². The number of likely N-dealkylation sites (tertiary alicyclic amines) is 1. The van der Waals surface area contributed by atoms with Crippen LogP contribution in [0.2, 0.25) is 0 Å². The van der Waals surface area contributed by atoms with Crippen molar-refractivity contribution in [2.45, 2.75) is 39.3 Å². The van der Waals surface area contributed by atoms with Crippen molar-refractivity contribution in [1.29, 1.82) is 0 Å². The Labute approximate surface area is 111 Å². The fourth-order valence-electron chi connectivity index (χ4n) is 2.93. The van der Waals surface area contributed by atoms with E-state index in [4.69, 9.17) is 4.52 Å². The second kappa shape index (κ2) is 4.86. The highest BCUT2D eigenvalue weighted by atomic mass is 32.1. The molecule has 0 spiro atoms. The molecule has 3 nitrogen and oxygen atoms in total. The van der Waals surface area contributed by atoms with Crippen LogP contribution in [0.25, 0.3) is 0 Å². The maximum absolute atomic E-state index is 5.32. The summed E-state index contributed by atoms with van der Waals surface area (Å²) in [4.78, 5) is 2.55. The van der Waals surface area contributed by atoms with E-state index in [2.05, 4.69) is 26.9 Å². The molecule has 0 unspecified atom stereocenters. The van der Waals surface area contributed by atoms with Gasteiger partial charge in [-0.1, -0.05) is 5.16 Å². The molecule has 0 amide bonds. The van der Waals surface area contributed by atoms with Crippen LogP contribution in [0.4, 0.5) is 0 Å². The smallest absolute Gasteiger partial charge is 0.138 e. The summed E-state index contributed by atoms with van der Waals surface area (Å²) >= 11 is 1.77. The van der Waals surface area contributed by atoms with Gasteiger partial charge in [0.2, 0.25) is 0 Å². The first-order chi connectivity index (χ1) is 8.75. The van der Waals surface area contributed by atoms with Gasteiger partial charge in [-0.2, -0.15) is 11.3 Å². The maximum atomic E-state index is 5.32. The summed E-state index contributed by atoms with van der Waals surface area (Å²) in [7, 11) is 0. The first kappa shape index (κ1) is 11.9. The lowest BCUT2D eigenvalue weighted by molar-refractivity contribution is 0.246. The molecule has 4 heteroatoms. The zero-order chi connectivity index (χ0) is 12.5. The van der Waals surface area contributed by atoms with E-state index in [1.54, 1.807) is 11.3 Å². The van der Waals surface area contributed by atoms with Crippen molar-refractivity contribution in [3.8, 4) is 0 Å². The van der Waals surface area contributed by atoms with E-state index in [1.807, 2.05) is 13.8 Å². The standard InChI is InChI=1S/C14H18N2OS/c1-10-14(11(2)17-15-10)13-4-3-6-16(13)8-12-5-7-18-9-12/h5,7,9,13H,3-4,6,8H2,1-2H3/t13-/m0/s1. The largest absolute Gasteiger partial charge is 0.361 e. The number of nitrogens with zero attached hydrogens (tertiary/aromatic N) is 2. The molecule has 0 bridgehead atoms. The number of hydrogen-bond acceptors (Lipinski definition) is 4. The Kier molecular flexibility index (Phi) is 3.22. The molecule has 0 radical (unpaired) electrons. The first-order valence-electron chi connectivity index (χ1n) is 6.43. The van der Waals surface area contributed by atoms with E-state index in [9.17, 15) is 0 Å². The highest BCUT2D eigenvalue weighted by Crippen LogP contribution is 2.36. The number of rotatable bonds is 3. The van der Waals surface area contributed by atoms with Gasteiger partial charge in [0.25, 0.3) is 0 Å². The highest BCUT2D eigenvalue weighted by molar-refractivity contribution is 7.07. The molecule has 0 N–H and O–H groups in total. The molecule has 0 saturated carbocycles. The fourth-order valence-corrected chi connectivity index (χ4v) is 3.59. The van der Waals surface area contributed by atoms with Crippen LogP contribution in [0, 0.1) is 13.8 Å². The van der Waals surface area contributed by atoms with Crippen LogP contribution in [0.3, 0.4) is 0 Å². The van der Waals surface area contributed by atoms with Gasteiger partial charge >= 0.3 is 0 Å². The van der Waals surface area contributed by atoms with Gasteiger partial charge in [0.15, 0.2) is 0 Å². The normalized spacial score (nSPS) is 20.7. The van der Waals surface area contributed by atoms with Gasteiger partial charge in [0, 0.05) is 18.2 Å². The SMILES string of the molecule is Cc1noc(C)c1[C@@H]1CCCN1Cc1ccsc1. The Hall–Kier alpha value is -1.13. The molecule has 18 heavy (non-hydrogen) atoms. The fraction of sp³-hybridized carbons (Fsp3) is 0.500. The van der Waals surface area contributed by atoms with E-state index >= 15 is 0 Å². The Bertz CT molecular complexity index is 498. The minimum absolute atomic E-state index is 0.483. The summed E-state index contributed by atoms with van der Waals surface area (Å²) in [5, 5.41) is 8.48. The first-order valence-corrected chi connectivity index (χ1v) is 7.38. The Morgan fingerprint density at radius 3 is 3.06 bits per heavy atom. The topological polar surface area (TPSA) is 29.3 Å². The molecule has 1 saturated heterocycles. The average Bonchev–Trinajstić information content (AvgIpc) is 3.04. The quantitative estimate of drug-likeness (QED) is 0.844. The van der Waals surface area contributed by atoms with Crippen LogP contribution < -0.4 is 0 Å². The van der Waals surface area contributed by atoms with Crippen LogP contribution >= 0.6 is 11.3 Å². The molecule has 0 aromatic carbocycles. The minimum atomic E-state index is 0.483. The maximum Gasteiger partial charge on any atom is 0.138 e. The van der Waals surface area contributed by atoms with Crippen molar-refractivity contribution in [2.75, 3.05) is 6.54 Å². The third-order valence-corrected chi connectivity index (χ3v) is 4.48. The zero-order valence-corrected chi connectivity index (χ0v) is 11.7. The lowest BCUT2D eigenvalue weighted by Crippen LogP contribution is -2.23. The van der Waals surface area contributed by atoms with Gasteiger partial charge in [-0.15, -0.1) is 0 Å². The van der Waals surface area contributed by atoms with Crippen LogP contribution in [-0.4, -0.2) is 16.6 Å². The van der Waals surface area contributed by atoms with Gasteiger partial charge < -0.3 is 4.52 Å². The van der Waals surface area contributed by atoms with Gasteiger partial charge in [0.1, 0.15) is 5.76 Å². The summed E-state index contributed by atoms with van der Waals surface area (Å²) in [5.41, 5.74) is 3.77. The highest BCUT2D eigenvalue weighted by Gasteiger charge is 2.30. The van der Waals surface area contributed by atoms with Gasteiger partial charge in [-0.3, -0.25) is 4.90 Å². The Morgan fingerprint density at radius 1 is 1.50 bits per heavy atom. The summed E-state index contributed by atoms with van der Waals surface area (Å²) < 4.78 is 5.32.